The molecule has 0 aromatic rings. The summed E-state index contributed by atoms with van der Waals surface area (Å²) in [5.74, 6) is -0.873. The molecule has 0 aliphatic rings. The molecule has 0 fully saturated rings. The Kier molecular flexibility index (Phi) is 40.6. The van der Waals surface area contributed by atoms with Gasteiger partial charge in [-0.2, -0.15) is 0 Å². The van der Waals surface area contributed by atoms with Crippen LogP contribution in [0.4, 0.5) is 0 Å². The summed E-state index contributed by atoms with van der Waals surface area (Å²) in [6.07, 6.45) is 48.5. The molecule has 2 N–H and O–H groups in total. The van der Waals surface area contributed by atoms with Gasteiger partial charge in [-0.25, -0.2) is 4.57 Å². The van der Waals surface area contributed by atoms with Crippen LogP contribution in [0, 0.1) is 0 Å². The largest absolute Gasteiger partial charge is 0.472 e. The first-order valence-corrected chi connectivity index (χ1v) is 23.7. The Hall–Kier alpha value is -2.29. The number of phosphoric acid groups is 1. The van der Waals surface area contributed by atoms with Crippen molar-refractivity contribution in [3.63, 3.8) is 0 Å². The van der Waals surface area contributed by atoms with Gasteiger partial charge in [-0.3, -0.25) is 18.6 Å². The lowest BCUT2D eigenvalue weighted by Crippen LogP contribution is -2.29. The Balaban J connectivity index is 4.29. The van der Waals surface area contributed by atoms with Gasteiger partial charge >= 0.3 is 19.8 Å². The molecule has 0 radical (unpaired) electrons. The maximum atomic E-state index is 12.6. The monoisotopic (exact) mass is 808 g/mol. The van der Waals surface area contributed by atoms with Gasteiger partial charge in [0.1, 0.15) is 6.61 Å². The van der Waals surface area contributed by atoms with Crippen LogP contribution in [-0.4, -0.2) is 56.3 Å². The first kappa shape index (κ1) is 53.7. The third kappa shape index (κ3) is 41.3. The van der Waals surface area contributed by atoms with Crippen molar-refractivity contribution in [1.82, 2.24) is 5.32 Å². The zero-order chi connectivity index (χ0) is 41.1. The number of esters is 2. The molecular weight excluding hydrogens is 725 g/mol. The van der Waals surface area contributed by atoms with Gasteiger partial charge in [0.05, 0.1) is 13.2 Å². The fourth-order valence-corrected chi connectivity index (χ4v) is 6.57. The molecule has 10 heteroatoms. The van der Waals surface area contributed by atoms with Crippen molar-refractivity contribution in [3.8, 4) is 0 Å². The maximum Gasteiger partial charge on any atom is 0.472 e. The molecule has 0 bridgehead atoms. The number of likely N-dealkylation sites (N-methyl/N-ethyl adjacent to an activating group) is 1. The summed E-state index contributed by atoms with van der Waals surface area (Å²) in [7, 11) is -2.67. The second-order valence-corrected chi connectivity index (χ2v) is 16.0. The number of ether oxygens (including phenoxy) is 2. The van der Waals surface area contributed by atoms with Crippen LogP contribution in [0.15, 0.2) is 60.8 Å². The molecule has 0 saturated heterocycles. The fourth-order valence-electron chi connectivity index (χ4n) is 5.82. The molecular formula is C46H82NO8P. The van der Waals surface area contributed by atoms with Crippen LogP contribution in [-0.2, 0) is 32.7 Å². The molecule has 9 nitrogen and oxygen atoms in total. The van der Waals surface area contributed by atoms with Crippen molar-refractivity contribution >= 4 is 19.8 Å². The van der Waals surface area contributed by atoms with Gasteiger partial charge < -0.3 is 19.7 Å². The van der Waals surface area contributed by atoms with Crippen molar-refractivity contribution in [3.05, 3.63) is 60.8 Å². The molecule has 0 heterocycles. The summed E-state index contributed by atoms with van der Waals surface area (Å²) in [6, 6.07) is 0. The molecule has 0 saturated carbocycles. The number of carbonyl (C=O) groups excluding carboxylic acids is 2. The van der Waals surface area contributed by atoms with Gasteiger partial charge in [0.25, 0.3) is 0 Å². The van der Waals surface area contributed by atoms with Gasteiger partial charge in [0.2, 0.25) is 0 Å². The number of carbonyl (C=O) groups is 2. The van der Waals surface area contributed by atoms with E-state index in [1.54, 1.807) is 7.05 Å². The molecule has 0 aliphatic heterocycles. The van der Waals surface area contributed by atoms with Gasteiger partial charge in [-0.05, 0) is 58.4 Å². The highest BCUT2D eigenvalue weighted by Crippen LogP contribution is 2.43. The third-order valence-corrected chi connectivity index (χ3v) is 10.1. The zero-order valence-corrected chi connectivity index (χ0v) is 36.7. The average Bonchev–Trinajstić information content (AvgIpc) is 3.18. The predicted molar refractivity (Wildman–Crippen MR) is 234 cm³/mol. The Morgan fingerprint density at radius 2 is 1.02 bits per heavy atom. The predicted octanol–water partition coefficient (Wildman–Crippen LogP) is 12.8. The molecule has 324 valence electrons. The van der Waals surface area contributed by atoms with Crippen LogP contribution in [0.3, 0.4) is 0 Å². The Morgan fingerprint density at radius 1 is 0.571 bits per heavy atom. The number of allylic oxidation sites excluding steroid dienone is 10. The molecule has 56 heavy (non-hydrogen) atoms. The maximum absolute atomic E-state index is 12.6. The minimum atomic E-state index is -4.37. The highest BCUT2D eigenvalue weighted by molar-refractivity contribution is 7.47. The van der Waals surface area contributed by atoms with Gasteiger partial charge in [0, 0.05) is 19.4 Å². The first-order chi connectivity index (χ1) is 27.3. The van der Waals surface area contributed by atoms with Crippen LogP contribution in [0.25, 0.3) is 0 Å². The average molecular weight is 808 g/mol. The lowest BCUT2D eigenvalue weighted by Gasteiger charge is -2.20. The third-order valence-electron chi connectivity index (χ3n) is 9.15. The van der Waals surface area contributed by atoms with E-state index in [9.17, 15) is 19.0 Å². The number of hydrogen-bond donors (Lipinski definition) is 2. The standard InChI is InChI=1S/C46H82NO8P/c1-4-6-8-10-12-14-16-18-20-22-24-26-28-30-32-34-36-38-45(48)52-42-44(43-54-56(50,51)53-41-40-47-3)55-46(49)39-37-35-33-31-29-27-25-23-21-19-17-15-13-11-9-7-5-2/h7,9,13,15,19,21,25,27,31,33,44,47H,4-6,8,10-12,14,16-18,20,22-24,26,28-30,32,34-43H2,1-3H3,(H,50,51)/b9-7-,15-13-,21-19-,27-25-,33-31-. The lowest BCUT2D eigenvalue weighted by atomic mass is 10.0. The Bertz CT molecular complexity index is 1100. The Morgan fingerprint density at radius 3 is 1.50 bits per heavy atom. The molecule has 0 amide bonds. The zero-order valence-electron chi connectivity index (χ0n) is 35.8. The fraction of sp³-hybridized carbons (Fsp3) is 0.739. The van der Waals surface area contributed by atoms with Crippen LogP contribution in [0.5, 0.6) is 0 Å². The minimum Gasteiger partial charge on any atom is -0.462 e. The van der Waals surface area contributed by atoms with Crippen LogP contribution in [0.1, 0.15) is 181 Å². The summed E-state index contributed by atoms with van der Waals surface area (Å²) in [6.45, 7) is 4.05. The van der Waals surface area contributed by atoms with E-state index in [0.29, 0.717) is 19.4 Å². The first-order valence-electron chi connectivity index (χ1n) is 22.2. The summed E-state index contributed by atoms with van der Waals surface area (Å²) >= 11 is 0. The van der Waals surface area contributed by atoms with E-state index >= 15 is 0 Å². The van der Waals surface area contributed by atoms with Crippen LogP contribution >= 0.6 is 7.82 Å². The number of rotatable bonds is 41. The second-order valence-electron chi connectivity index (χ2n) is 14.5. The highest BCUT2D eigenvalue weighted by Gasteiger charge is 2.26. The second kappa shape index (κ2) is 42.3. The van der Waals surface area contributed by atoms with Crippen LogP contribution < -0.4 is 5.32 Å². The summed E-state index contributed by atoms with van der Waals surface area (Å²) in [4.78, 5) is 35.1. The number of nitrogens with one attached hydrogen (secondary N) is 1. The molecule has 0 spiro atoms. The van der Waals surface area contributed by atoms with Crippen molar-refractivity contribution < 1.29 is 37.6 Å². The van der Waals surface area contributed by atoms with E-state index in [4.69, 9.17) is 18.5 Å². The normalized spacial score (nSPS) is 13.9. The van der Waals surface area contributed by atoms with Crippen molar-refractivity contribution in [2.24, 2.45) is 0 Å². The summed E-state index contributed by atoms with van der Waals surface area (Å²) in [5.41, 5.74) is 0. The minimum absolute atomic E-state index is 0.0289. The summed E-state index contributed by atoms with van der Waals surface area (Å²) in [5, 5.41) is 2.82. The van der Waals surface area contributed by atoms with E-state index in [1.165, 1.54) is 89.9 Å². The van der Waals surface area contributed by atoms with Gasteiger partial charge in [-0.15, -0.1) is 0 Å². The van der Waals surface area contributed by atoms with E-state index in [0.717, 1.165) is 51.4 Å². The molecule has 2 atom stereocenters. The number of phosphoric ester groups is 1. The Labute approximate surface area is 342 Å². The van der Waals surface area contributed by atoms with E-state index in [-0.39, 0.29) is 32.0 Å². The molecule has 0 aromatic heterocycles. The van der Waals surface area contributed by atoms with E-state index in [2.05, 4.69) is 73.8 Å². The molecule has 0 aliphatic carbocycles. The number of unbranched alkanes of at least 4 members (excludes halogenated alkanes) is 17. The van der Waals surface area contributed by atoms with Crippen molar-refractivity contribution in [2.45, 2.75) is 187 Å². The van der Waals surface area contributed by atoms with Crippen molar-refractivity contribution in [2.75, 3.05) is 33.4 Å². The van der Waals surface area contributed by atoms with E-state index < -0.39 is 26.5 Å². The quantitative estimate of drug-likeness (QED) is 0.0269. The SMILES string of the molecule is CC/C=C\C/C=C\C/C=C\C/C=C\C/C=C\CCCC(=O)OC(COC(=O)CCCCCCCCCCCCCCCCCCC)COP(=O)(O)OCCNC. The highest BCUT2D eigenvalue weighted by atomic mass is 31.2. The molecule has 2 unspecified atom stereocenters. The van der Waals surface area contributed by atoms with Crippen molar-refractivity contribution in [1.29, 1.82) is 0 Å². The van der Waals surface area contributed by atoms with Gasteiger partial charge in [-0.1, -0.05) is 177 Å². The number of hydrogen-bond acceptors (Lipinski definition) is 8. The topological polar surface area (TPSA) is 120 Å². The molecule has 0 aromatic carbocycles. The van der Waals surface area contributed by atoms with E-state index in [1.807, 2.05) is 6.08 Å². The smallest absolute Gasteiger partial charge is 0.462 e. The van der Waals surface area contributed by atoms with Crippen LogP contribution in [0.2, 0.25) is 0 Å². The molecule has 0 rings (SSSR count). The summed E-state index contributed by atoms with van der Waals surface area (Å²) < 4.78 is 33.1. The lowest BCUT2D eigenvalue weighted by molar-refractivity contribution is -0.161. The van der Waals surface area contributed by atoms with Gasteiger partial charge in [0.15, 0.2) is 6.10 Å².